The molecule has 4 heteroatoms. The number of benzene rings is 2. The molecule has 0 spiro atoms. The van der Waals surface area contributed by atoms with Crippen LogP contribution in [0.2, 0.25) is 0 Å². The predicted octanol–water partition coefficient (Wildman–Crippen LogP) is 5.21. The monoisotopic (exact) mass is 342 g/mol. The molecule has 0 N–H and O–H groups in total. The van der Waals surface area contributed by atoms with Crippen molar-refractivity contribution in [3.63, 3.8) is 0 Å². The first-order valence-electron chi connectivity index (χ1n) is 5.82. The molecule has 2 aromatic carbocycles. The van der Waals surface area contributed by atoms with Gasteiger partial charge in [0.15, 0.2) is 0 Å². The van der Waals surface area contributed by atoms with Crippen LogP contribution < -0.4 is 4.74 Å². The van der Waals surface area contributed by atoms with Crippen molar-refractivity contribution in [2.75, 3.05) is 0 Å². The van der Waals surface area contributed by atoms with Crippen LogP contribution in [0.3, 0.4) is 0 Å². The summed E-state index contributed by atoms with van der Waals surface area (Å²) in [4.78, 5) is 0. The van der Waals surface area contributed by atoms with Crippen molar-refractivity contribution in [1.82, 2.24) is 0 Å². The van der Waals surface area contributed by atoms with Crippen LogP contribution >= 0.6 is 27.5 Å². The Morgan fingerprint density at radius 1 is 1.21 bits per heavy atom. The van der Waals surface area contributed by atoms with Crippen LogP contribution in [0.4, 0.5) is 4.39 Å². The molecule has 0 saturated heterocycles. The summed E-state index contributed by atoms with van der Waals surface area (Å²) in [7, 11) is 0. The van der Waals surface area contributed by atoms with Gasteiger partial charge in [-0.2, -0.15) is 0 Å². The van der Waals surface area contributed by atoms with Gasteiger partial charge in [-0.3, -0.25) is 0 Å². The molecule has 0 heterocycles. The highest BCUT2D eigenvalue weighted by Gasteiger charge is 2.05. The van der Waals surface area contributed by atoms with Gasteiger partial charge in [0.05, 0.1) is 10.4 Å². The summed E-state index contributed by atoms with van der Waals surface area (Å²) in [5.74, 6) is 0.894. The van der Waals surface area contributed by atoms with E-state index in [-0.39, 0.29) is 5.82 Å². The molecule has 2 aromatic rings. The van der Waals surface area contributed by atoms with Gasteiger partial charge in [0.2, 0.25) is 0 Å². The van der Waals surface area contributed by atoms with Gasteiger partial charge < -0.3 is 4.74 Å². The largest absolute Gasteiger partial charge is 0.489 e. The average Bonchev–Trinajstić information content (AvgIpc) is 2.41. The second-order valence-corrected chi connectivity index (χ2v) is 5.40. The highest BCUT2D eigenvalue weighted by molar-refractivity contribution is 9.10. The molecular formula is C15H13BrClFO. The van der Waals surface area contributed by atoms with Gasteiger partial charge in [-0.05, 0) is 46.6 Å². The van der Waals surface area contributed by atoms with Crippen LogP contribution in [-0.2, 0) is 12.5 Å². The molecular weight excluding hydrogens is 331 g/mol. The molecule has 0 atom stereocenters. The van der Waals surface area contributed by atoms with Crippen molar-refractivity contribution in [2.24, 2.45) is 0 Å². The predicted molar refractivity (Wildman–Crippen MR) is 79.2 cm³/mol. The van der Waals surface area contributed by atoms with Crippen LogP contribution in [0, 0.1) is 12.7 Å². The smallest absolute Gasteiger partial charge is 0.137 e. The third-order valence-corrected chi connectivity index (χ3v) is 3.63. The first-order valence-corrected chi connectivity index (χ1v) is 7.15. The van der Waals surface area contributed by atoms with E-state index >= 15 is 0 Å². The van der Waals surface area contributed by atoms with Crippen LogP contribution in [0.5, 0.6) is 5.75 Å². The van der Waals surface area contributed by atoms with Gasteiger partial charge in [-0.25, -0.2) is 4.39 Å². The maximum Gasteiger partial charge on any atom is 0.137 e. The maximum absolute atomic E-state index is 13.1. The summed E-state index contributed by atoms with van der Waals surface area (Å²) < 4.78 is 19.3. The van der Waals surface area contributed by atoms with E-state index in [1.807, 2.05) is 25.1 Å². The first kappa shape index (κ1) is 14.4. The molecule has 0 aliphatic carbocycles. The van der Waals surface area contributed by atoms with Gasteiger partial charge in [0.1, 0.15) is 18.2 Å². The third-order valence-electron chi connectivity index (χ3n) is 2.74. The molecule has 0 fully saturated rings. The van der Waals surface area contributed by atoms with E-state index in [9.17, 15) is 4.39 Å². The Morgan fingerprint density at radius 2 is 2.00 bits per heavy atom. The van der Waals surface area contributed by atoms with Crippen molar-refractivity contribution in [1.29, 1.82) is 0 Å². The Morgan fingerprint density at radius 3 is 2.68 bits per heavy atom. The van der Waals surface area contributed by atoms with Crippen molar-refractivity contribution in [3.8, 4) is 5.75 Å². The topological polar surface area (TPSA) is 9.23 Å². The lowest BCUT2D eigenvalue weighted by Crippen LogP contribution is -1.98. The van der Waals surface area contributed by atoms with Gasteiger partial charge >= 0.3 is 0 Å². The maximum atomic E-state index is 13.1. The fraction of sp³-hybridized carbons (Fsp3) is 0.200. The zero-order valence-electron chi connectivity index (χ0n) is 10.4. The molecule has 19 heavy (non-hydrogen) atoms. The highest BCUT2D eigenvalue weighted by atomic mass is 79.9. The summed E-state index contributed by atoms with van der Waals surface area (Å²) in [6, 6.07) is 10.7. The summed E-state index contributed by atoms with van der Waals surface area (Å²) >= 11 is 9.05. The highest BCUT2D eigenvalue weighted by Crippen LogP contribution is 2.24. The Labute approximate surface area is 125 Å². The number of ether oxygens (including phenoxy) is 1. The Bertz CT molecular complexity index is 586. The van der Waals surface area contributed by atoms with E-state index in [2.05, 4.69) is 15.9 Å². The standard InChI is InChI=1S/C15H13BrClFO/c1-10-2-5-15(12(6-10)8-17)19-9-11-3-4-14(18)13(16)7-11/h2-7H,8-9H2,1H3. The van der Waals surface area contributed by atoms with E-state index in [0.717, 1.165) is 22.4 Å². The fourth-order valence-corrected chi connectivity index (χ4v) is 2.38. The van der Waals surface area contributed by atoms with E-state index in [1.54, 1.807) is 12.1 Å². The molecule has 0 amide bonds. The minimum atomic E-state index is -0.277. The van der Waals surface area contributed by atoms with E-state index in [1.165, 1.54) is 6.07 Å². The van der Waals surface area contributed by atoms with Crippen molar-refractivity contribution >= 4 is 27.5 Å². The molecule has 0 radical (unpaired) electrons. The summed E-state index contributed by atoms with van der Waals surface area (Å²) in [6.07, 6.45) is 0. The van der Waals surface area contributed by atoms with Crippen molar-refractivity contribution < 1.29 is 9.13 Å². The number of halogens is 3. The van der Waals surface area contributed by atoms with E-state index in [4.69, 9.17) is 16.3 Å². The molecule has 100 valence electrons. The van der Waals surface area contributed by atoms with Crippen LogP contribution in [0.1, 0.15) is 16.7 Å². The summed E-state index contributed by atoms with van der Waals surface area (Å²) in [6.45, 7) is 2.39. The van der Waals surface area contributed by atoms with E-state index < -0.39 is 0 Å². The van der Waals surface area contributed by atoms with Gasteiger partial charge in [-0.15, -0.1) is 11.6 Å². The number of rotatable bonds is 4. The number of hydrogen-bond acceptors (Lipinski definition) is 1. The molecule has 1 nitrogen and oxygen atoms in total. The second kappa shape index (κ2) is 6.40. The Balaban J connectivity index is 2.12. The SMILES string of the molecule is Cc1ccc(OCc2ccc(F)c(Br)c2)c(CCl)c1. The number of hydrogen-bond donors (Lipinski definition) is 0. The molecule has 0 unspecified atom stereocenters. The van der Waals surface area contributed by atoms with Gasteiger partial charge in [-0.1, -0.05) is 23.8 Å². The Hall–Kier alpha value is -1.06. The fourth-order valence-electron chi connectivity index (χ4n) is 1.74. The van der Waals surface area contributed by atoms with Crippen molar-refractivity contribution in [3.05, 3.63) is 63.4 Å². The van der Waals surface area contributed by atoms with E-state index in [0.29, 0.717) is 17.0 Å². The van der Waals surface area contributed by atoms with Crippen LogP contribution in [0.25, 0.3) is 0 Å². The molecule has 0 aromatic heterocycles. The molecule has 0 bridgehead atoms. The second-order valence-electron chi connectivity index (χ2n) is 4.28. The molecule has 2 rings (SSSR count). The lowest BCUT2D eigenvalue weighted by Gasteiger charge is -2.11. The van der Waals surface area contributed by atoms with Gasteiger partial charge in [0.25, 0.3) is 0 Å². The number of aryl methyl sites for hydroxylation is 1. The summed E-state index contributed by atoms with van der Waals surface area (Å²) in [5, 5.41) is 0. The average molecular weight is 344 g/mol. The Kier molecular flexibility index (Phi) is 4.83. The first-order chi connectivity index (χ1) is 9.10. The lowest BCUT2D eigenvalue weighted by atomic mass is 10.1. The normalized spacial score (nSPS) is 10.5. The minimum absolute atomic E-state index is 0.277. The van der Waals surface area contributed by atoms with Crippen molar-refractivity contribution in [2.45, 2.75) is 19.4 Å². The molecule has 0 aliphatic heterocycles. The molecule has 0 saturated carbocycles. The zero-order valence-corrected chi connectivity index (χ0v) is 12.8. The molecule has 0 aliphatic rings. The zero-order chi connectivity index (χ0) is 13.8. The third kappa shape index (κ3) is 3.71. The lowest BCUT2D eigenvalue weighted by molar-refractivity contribution is 0.303. The quantitative estimate of drug-likeness (QED) is 0.692. The number of alkyl halides is 1. The minimum Gasteiger partial charge on any atom is -0.489 e. The van der Waals surface area contributed by atoms with Gasteiger partial charge in [0, 0.05) is 5.56 Å². The summed E-state index contributed by atoms with van der Waals surface area (Å²) in [5.41, 5.74) is 3.00. The van der Waals surface area contributed by atoms with Crippen LogP contribution in [0.15, 0.2) is 40.9 Å². The van der Waals surface area contributed by atoms with Crippen LogP contribution in [-0.4, -0.2) is 0 Å².